The summed E-state index contributed by atoms with van der Waals surface area (Å²) in [6.45, 7) is 2.09. The zero-order chi connectivity index (χ0) is 11.4. The first-order valence-corrected chi connectivity index (χ1v) is 6.00. The summed E-state index contributed by atoms with van der Waals surface area (Å²) >= 11 is 1.60. The van der Waals surface area contributed by atoms with Crippen LogP contribution in [-0.4, -0.2) is 6.29 Å². The molecule has 82 valence electrons. The molecule has 2 aromatic rings. The van der Waals surface area contributed by atoms with Crippen molar-refractivity contribution in [3.8, 4) is 0 Å². The number of carbonyl (C=O) groups is 1. The molecule has 1 aromatic heterocycles. The summed E-state index contributed by atoms with van der Waals surface area (Å²) in [5.41, 5.74) is 2.56. The monoisotopic (exact) mass is 232 g/mol. The van der Waals surface area contributed by atoms with Crippen molar-refractivity contribution in [3.05, 3.63) is 53.3 Å². The van der Waals surface area contributed by atoms with Gasteiger partial charge < -0.3 is 4.42 Å². The first-order valence-electron chi connectivity index (χ1n) is 5.02. The predicted molar refractivity (Wildman–Crippen MR) is 64.8 cm³/mol. The number of rotatable bonds is 4. The van der Waals surface area contributed by atoms with Crippen LogP contribution in [0.25, 0.3) is 0 Å². The minimum atomic E-state index is 0.382. The molecule has 0 spiro atoms. The molecule has 0 aliphatic rings. The third kappa shape index (κ3) is 2.55. The molecular formula is C13H12O2S. The molecule has 0 radical (unpaired) electrons. The number of benzene rings is 1. The highest BCUT2D eigenvalue weighted by Crippen LogP contribution is 2.25. The number of thioether (sulfide) groups is 1. The van der Waals surface area contributed by atoms with E-state index in [2.05, 4.69) is 19.1 Å². The van der Waals surface area contributed by atoms with E-state index < -0.39 is 0 Å². The van der Waals surface area contributed by atoms with Gasteiger partial charge in [0.15, 0.2) is 17.1 Å². The number of furan rings is 1. The molecule has 0 atom stereocenters. The van der Waals surface area contributed by atoms with Crippen molar-refractivity contribution in [2.45, 2.75) is 17.8 Å². The average molecular weight is 232 g/mol. The Bertz CT molecular complexity index is 488. The minimum absolute atomic E-state index is 0.382. The van der Waals surface area contributed by atoms with Gasteiger partial charge in [-0.1, -0.05) is 36.0 Å². The van der Waals surface area contributed by atoms with Gasteiger partial charge in [0.05, 0.1) is 0 Å². The van der Waals surface area contributed by atoms with Crippen LogP contribution in [0.1, 0.15) is 21.7 Å². The molecule has 2 rings (SSSR count). The molecule has 0 fully saturated rings. The maximum absolute atomic E-state index is 10.4. The second kappa shape index (κ2) is 5.03. The first kappa shape index (κ1) is 11.0. The number of aryl methyl sites for hydroxylation is 1. The zero-order valence-corrected chi connectivity index (χ0v) is 9.79. The molecule has 0 amide bonds. The Morgan fingerprint density at radius 3 is 2.75 bits per heavy atom. The standard InChI is InChI=1S/C13H12O2S/c1-10-4-2-3-5-11(10)9-16-13-7-6-12(8-14)15-13/h2-8H,9H2,1H3. The minimum Gasteiger partial charge on any atom is -0.447 e. The van der Waals surface area contributed by atoms with Crippen LogP contribution < -0.4 is 0 Å². The molecule has 0 unspecified atom stereocenters. The highest BCUT2D eigenvalue weighted by Gasteiger charge is 2.03. The molecule has 2 nitrogen and oxygen atoms in total. The fourth-order valence-electron chi connectivity index (χ4n) is 1.40. The van der Waals surface area contributed by atoms with E-state index in [4.69, 9.17) is 4.42 Å². The third-order valence-electron chi connectivity index (χ3n) is 2.35. The van der Waals surface area contributed by atoms with Gasteiger partial charge in [-0.2, -0.15) is 0 Å². The van der Waals surface area contributed by atoms with E-state index in [0.29, 0.717) is 5.76 Å². The Labute approximate surface area is 98.7 Å². The molecule has 0 aliphatic carbocycles. The summed E-state index contributed by atoms with van der Waals surface area (Å²) in [5, 5.41) is 0.783. The summed E-state index contributed by atoms with van der Waals surface area (Å²) in [7, 11) is 0. The van der Waals surface area contributed by atoms with E-state index in [1.165, 1.54) is 11.1 Å². The van der Waals surface area contributed by atoms with Gasteiger partial charge in [-0.05, 0) is 30.2 Å². The molecule has 3 heteroatoms. The maximum Gasteiger partial charge on any atom is 0.185 e. The lowest BCUT2D eigenvalue weighted by Crippen LogP contribution is -1.84. The van der Waals surface area contributed by atoms with Gasteiger partial charge in [0.25, 0.3) is 0 Å². The van der Waals surface area contributed by atoms with E-state index in [-0.39, 0.29) is 0 Å². The lowest BCUT2D eigenvalue weighted by atomic mass is 10.1. The van der Waals surface area contributed by atoms with Gasteiger partial charge in [-0.15, -0.1) is 0 Å². The average Bonchev–Trinajstić information content (AvgIpc) is 2.76. The van der Waals surface area contributed by atoms with Crippen LogP contribution in [0.2, 0.25) is 0 Å². The van der Waals surface area contributed by atoms with E-state index in [1.54, 1.807) is 17.8 Å². The van der Waals surface area contributed by atoms with Gasteiger partial charge in [0, 0.05) is 5.75 Å². The lowest BCUT2D eigenvalue weighted by Gasteiger charge is -2.02. The first-order chi connectivity index (χ1) is 7.79. The van der Waals surface area contributed by atoms with Gasteiger partial charge in [-0.25, -0.2) is 0 Å². The van der Waals surface area contributed by atoms with Gasteiger partial charge in [-0.3, -0.25) is 4.79 Å². The van der Waals surface area contributed by atoms with Crippen LogP contribution >= 0.6 is 11.8 Å². The molecule has 1 aromatic carbocycles. The SMILES string of the molecule is Cc1ccccc1CSc1ccc(C=O)o1. The van der Waals surface area contributed by atoms with Crippen molar-refractivity contribution in [2.24, 2.45) is 0 Å². The third-order valence-corrected chi connectivity index (χ3v) is 3.31. The normalized spacial score (nSPS) is 10.3. The Hall–Kier alpha value is -1.48. The van der Waals surface area contributed by atoms with Crippen LogP contribution in [0, 0.1) is 6.92 Å². The van der Waals surface area contributed by atoms with Crippen LogP contribution in [-0.2, 0) is 5.75 Å². The molecule has 0 N–H and O–H groups in total. The number of hydrogen-bond acceptors (Lipinski definition) is 3. The van der Waals surface area contributed by atoms with Crippen molar-refractivity contribution in [1.82, 2.24) is 0 Å². The molecule has 0 aliphatic heterocycles. The summed E-state index contributed by atoms with van der Waals surface area (Å²) in [5.74, 6) is 1.24. The van der Waals surface area contributed by atoms with Crippen molar-refractivity contribution in [1.29, 1.82) is 0 Å². The Kier molecular flexibility index (Phi) is 3.47. The molecule has 0 bridgehead atoms. The van der Waals surface area contributed by atoms with Crippen molar-refractivity contribution < 1.29 is 9.21 Å². The summed E-state index contributed by atoms with van der Waals surface area (Å²) < 4.78 is 5.29. The molecular weight excluding hydrogens is 220 g/mol. The molecule has 0 saturated carbocycles. The van der Waals surface area contributed by atoms with Crippen molar-refractivity contribution >= 4 is 18.0 Å². The van der Waals surface area contributed by atoms with Crippen molar-refractivity contribution in [3.63, 3.8) is 0 Å². The second-order valence-corrected chi connectivity index (χ2v) is 4.47. The Balaban J connectivity index is 2.02. The van der Waals surface area contributed by atoms with E-state index in [1.807, 2.05) is 18.2 Å². The molecule has 16 heavy (non-hydrogen) atoms. The predicted octanol–water partition coefficient (Wildman–Crippen LogP) is 3.69. The summed E-state index contributed by atoms with van der Waals surface area (Å²) in [6.07, 6.45) is 0.720. The van der Waals surface area contributed by atoms with E-state index >= 15 is 0 Å². The van der Waals surface area contributed by atoms with Crippen LogP contribution in [0.15, 0.2) is 45.9 Å². The summed E-state index contributed by atoms with van der Waals surface area (Å²) in [4.78, 5) is 10.4. The van der Waals surface area contributed by atoms with E-state index in [9.17, 15) is 4.79 Å². The Morgan fingerprint density at radius 2 is 2.06 bits per heavy atom. The number of hydrogen-bond donors (Lipinski definition) is 0. The van der Waals surface area contributed by atoms with E-state index in [0.717, 1.165) is 17.1 Å². The van der Waals surface area contributed by atoms with Crippen LogP contribution in [0.3, 0.4) is 0 Å². The second-order valence-electron chi connectivity index (χ2n) is 3.49. The van der Waals surface area contributed by atoms with Crippen molar-refractivity contribution in [2.75, 3.05) is 0 Å². The molecule has 0 saturated heterocycles. The van der Waals surface area contributed by atoms with Gasteiger partial charge >= 0.3 is 0 Å². The maximum atomic E-state index is 10.4. The lowest BCUT2D eigenvalue weighted by molar-refractivity contribution is 0.109. The van der Waals surface area contributed by atoms with Gasteiger partial charge in [0.2, 0.25) is 0 Å². The van der Waals surface area contributed by atoms with Gasteiger partial charge in [0.1, 0.15) is 0 Å². The molecule has 1 heterocycles. The fraction of sp³-hybridized carbons (Fsp3) is 0.154. The largest absolute Gasteiger partial charge is 0.447 e. The highest BCUT2D eigenvalue weighted by atomic mass is 32.2. The van der Waals surface area contributed by atoms with Crippen LogP contribution in [0.4, 0.5) is 0 Å². The highest BCUT2D eigenvalue weighted by molar-refractivity contribution is 7.98. The zero-order valence-electron chi connectivity index (χ0n) is 8.97. The topological polar surface area (TPSA) is 30.2 Å². The quantitative estimate of drug-likeness (QED) is 0.595. The number of carbonyl (C=O) groups excluding carboxylic acids is 1. The Morgan fingerprint density at radius 1 is 1.25 bits per heavy atom. The number of aldehydes is 1. The van der Waals surface area contributed by atoms with Crippen LogP contribution in [0.5, 0.6) is 0 Å². The summed E-state index contributed by atoms with van der Waals surface area (Å²) in [6, 6.07) is 11.8. The smallest absolute Gasteiger partial charge is 0.185 e. The fourth-order valence-corrected chi connectivity index (χ4v) is 2.34.